The van der Waals surface area contributed by atoms with Crippen molar-refractivity contribution in [3.63, 3.8) is 0 Å². The number of carbonyl (C=O) groups excluding carboxylic acids is 1. The number of thiocarbonyl (C=S) groups is 1. The number of amides is 1. The van der Waals surface area contributed by atoms with E-state index in [0.717, 1.165) is 51.1 Å². The van der Waals surface area contributed by atoms with Crippen LogP contribution < -0.4 is 10.6 Å². The van der Waals surface area contributed by atoms with E-state index in [-0.39, 0.29) is 24.5 Å². The summed E-state index contributed by atoms with van der Waals surface area (Å²) in [6.45, 7) is 3.61. The molecule has 2 aliphatic heterocycles. The van der Waals surface area contributed by atoms with Crippen LogP contribution in [-0.2, 0) is 14.3 Å². The lowest BCUT2D eigenvalue weighted by atomic mass is 9.77. The number of carboxylic acid groups (broad SMARTS) is 1. The number of nitrogens with one attached hydrogen (secondary N) is 2. The Bertz CT molecular complexity index is 620. The number of ether oxygens (including phenoxy) is 1. The Balaban J connectivity index is 1.72. The molecule has 0 saturated carbocycles. The molecular formula is C22H34N2O4S. The number of rotatable bonds is 13. The van der Waals surface area contributed by atoms with Crippen LogP contribution in [0, 0.1) is 11.8 Å². The van der Waals surface area contributed by atoms with E-state index in [0.29, 0.717) is 29.8 Å². The van der Waals surface area contributed by atoms with Gasteiger partial charge < -0.3 is 20.5 Å². The molecule has 0 aromatic carbocycles. The summed E-state index contributed by atoms with van der Waals surface area (Å²) in [5.74, 6) is -0.240. The first-order valence-electron chi connectivity index (χ1n) is 10.7. The SMILES string of the molecule is CCCCCNC(=S)CC(=O)NC[C@H]1[C@@H](CC=CCC=CC(=O)O)[C@H]2CC[C@@H]1O2. The Labute approximate surface area is 179 Å². The second-order valence-electron chi connectivity index (χ2n) is 7.84. The lowest BCUT2D eigenvalue weighted by Gasteiger charge is -2.27. The monoisotopic (exact) mass is 422 g/mol. The number of carbonyl (C=O) groups is 2. The third-order valence-electron chi connectivity index (χ3n) is 5.66. The smallest absolute Gasteiger partial charge is 0.327 e. The average Bonchev–Trinajstić information content (AvgIpc) is 3.28. The predicted molar refractivity (Wildman–Crippen MR) is 118 cm³/mol. The lowest BCUT2D eigenvalue weighted by molar-refractivity contribution is -0.131. The summed E-state index contributed by atoms with van der Waals surface area (Å²) in [6.07, 6.45) is 14.7. The van der Waals surface area contributed by atoms with Gasteiger partial charge in [0, 0.05) is 25.1 Å². The first kappa shape index (κ1) is 23.5. The molecule has 6 nitrogen and oxygen atoms in total. The van der Waals surface area contributed by atoms with Crippen molar-refractivity contribution in [1.82, 2.24) is 10.6 Å². The number of allylic oxidation sites excluding steroid dienone is 3. The van der Waals surface area contributed by atoms with Crippen molar-refractivity contribution >= 4 is 29.1 Å². The van der Waals surface area contributed by atoms with Gasteiger partial charge in [-0.25, -0.2) is 4.79 Å². The minimum absolute atomic E-state index is 0.0335. The normalized spacial score (nSPS) is 25.7. The Kier molecular flexibility index (Phi) is 10.4. The number of aliphatic carboxylic acids is 1. The van der Waals surface area contributed by atoms with Crippen molar-refractivity contribution in [2.75, 3.05) is 13.1 Å². The molecular weight excluding hydrogens is 388 g/mol. The van der Waals surface area contributed by atoms with E-state index in [1.807, 2.05) is 6.08 Å². The molecule has 0 aromatic heterocycles. The van der Waals surface area contributed by atoms with Crippen LogP contribution in [0.2, 0.25) is 0 Å². The molecule has 0 aromatic rings. The zero-order chi connectivity index (χ0) is 21.1. The molecule has 1 amide bonds. The molecule has 3 N–H and O–H groups in total. The summed E-state index contributed by atoms with van der Waals surface area (Å²) in [6, 6.07) is 0. The lowest BCUT2D eigenvalue weighted by Crippen LogP contribution is -2.39. The van der Waals surface area contributed by atoms with Gasteiger partial charge in [-0.3, -0.25) is 4.79 Å². The van der Waals surface area contributed by atoms with Crippen LogP contribution in [-0.4, -0.2) is 47.3 Å². The molecule has 0 unspecified atom stereocenters. The molecule has 0 aliphatic carbocycles. The van der Waals surface area contributed by atoms with E-state index in [1.165, 1.54) is 0 Å². The van der Waals surface area contributed by atoms with Crippen LogP contribution in [0.25, 0.3) is 0 Å². The van der Waals surface area contributed by atoms with Gasteiger partial charge >= 0.3 is 5.97 Å². The molecule has 7 heteroatoms. The third-order valence-corrected chi connectivity index (χ3v) is 5.95. The molecule has 2 heterocycles. The van der Waals surface area contributed by atoms with Crippen molar-refractivity contribution in [2.24, 2.45) is 11.8 Å². The number of fused-ring (bicyclic) bond motifs is 2. The highest BCUT2D eigenvalue weighted by atomic mass is 32.1. The Morgan fingerprint density at radius 3 is 2.59 bits per heavy atom. The molecule has 0 spiro atoms. The Hall–Kier alpha value is -1.73. The van der Waals surface area contributed by atoms with E-state index >= 15 is 0 Å². The summed E-state index contributed by atoms with van der Waals surface area (Å²) in [5, 5.41) is 14.8. The van der Waals surface area contributed by atoms with Crippen LogP contribution in [0.15, 0.2) is 24.3 Å². The van der Waals surface area contributed by atoms with E-state index in [4.69, 9.17) is 22.1 Å². The molecule has 29 heavy (non-hydrogen) atoms. The van der Waals surface area contributed by atoms with Crippen LogP contribution in [0.1, 0.15) is 58.3 Å². The van der Waals surface area contributed by atoms with Gasteiger partial charge in [-0.1, -0.05) is 50.2 Å². The number of carboxylic acids is 1. The van der Waals surface area contributed by atoms with E-state index in [9.17, 15) is 9.59 Å². The molecule has 2 saturated heterocycles. The van der Waals surface area contributed by atoms with Gasteiger partial charge in [-0.2, -0.15) is 0 Å². The minimum atomic E-state index is -0.925. The fraction of sp³-hybridized carbons (Fsp3) is 0.682. The highest BCUT2D eigenvalue weighted by Crippen LogP contribution is 2.44. The molecule has 2 fully saturated rings. The third kappa shape index (κ3) is 8.26. The van der Waals surface area contributed by atoms with Gasteiger partial charge in [-0.15, -0.1) is 0 Å². The average molecular weight is 423 g/mol. The van der Waals surface area contributed by atoms with Crippen LogP contribution in [0.4, 0.5) is 0 Å². The van der Waals surface area contributed by atoms with Crippen LogP contribution in [0.5, 0.6) is 0 Å². The molecule has 4 atom stereocenters. The molecule has 2 bridgehead atoms. The van der Waals surface area contributed by atoms with Gasteiger partial charge in [0.25, 0.3) is 0 Å². The number of hydrogen-bond acceptors (Lipinski definition) is 4. The fourth-order valence-corrected chi connectivity index (χ4v) is 4.42. The maximum Gasteiger partial charge on any atom is 0.327 e. The summed E-state index contributed by atoms with van der Waals surface area (Å²) in [5.41, 5.74) is 0. The molecule has 0 radical (unpaired) electrons. The van der Waals surface area contributed by atoms with Crippen molar-refractivity contribution in [1.29, 1.82) is 0 Å². The summed E-state index contributed by atoms with van der Waals surface area (Å²) < 4.78 is 6.08. The highest BCUT2D eigenvalue weighted by molar-refractivity contribution is 7.80. The van der Waals surface area contributed by atoms with E-state index < -0.39 is 5.97 Å². The zero-order valence-electron chi connectivity index (χ0n) is 17.3. The van der Waals surface area contributed by atoms with Crippen LogP contribution >= 0.6 is 12.2 Å². The van der Waals surface area contributed by atoms with Gasteiger partial charge in [0.05, 0.1) is 23.6 Å². The topological polar surface area (TPSA) is 87.7 Å². The van der Waals surface area contributed by atoms with Crippen molar-refractivity contribution in [2.45, 2.75) is 70.5 Å². The van der Waals surface area contributed by atoms with Gasteiger partial charge in [0.2, 0.25) is 5.91 Å². The summed E-state index contributed by atoms with van der Waals surface area (Å²) in [4.78, 5) is 23.3. The second-order valence-corrected chi connectivity index (χ2v) is 8.33. The van der Waals surface area contributed by atoms with Gasteiger partial charge in [-0.05, 0) is 38.0 Å². The predicted octanol–water partition coefficient (Wildman–Crippen LogP) is 3.37. The summed E-state index contributed by atoms with van der Waals surface area (Å²) >= 11 is 5.27. The first-order chi connectivity index (χ1) is 14.0. The van der Waals surface area contributed by atoms with Gasteiger partial charge in [0.15, 0.2) is 0 Å². The molecule has 2 aliphatic rings. The second kappa shape index (κ2) is 12.8. The standard InChI is InChI=1S/C22H34N2O4S/c1-2-3-8-13-23-21(29)14-20(25)24-15-17-16(18-11-12-19(17)28-18)9-6-4-5-7-10-22(26)27/h4,6-7,10,16-19H,2-3,5,8-9,11-15H2,1H3,(H,23,29)(H,24,25)(H,26,27)/t16-,17+,18-,19+/m1/s1. The quantitative estimate of drug-likeness (QED) is 0.183. The van der Waals surface area contributed by atoms with Crippen molar-refractivity contribution in [3.05, 3.63) is 24.3 Å². The maximum absolute atomic E-state index is 12.3. The Morgan fingerprint density at radius 1 is 1.10 bits per heavy atom. The largest absolute Gasteiger partial charge is 0.478 e. The number of unbranched alkanes of at least 4 members (excludes halogenated alkanes) is 2. The number of hydrogen-bond donors (Lipinski definition) is 3. The van der Waals surface area contributed by atoms with Crippen LogP contribution in [0.3, 0.4) is 0 Å². The molecule has 2 rings (SSSR count). The van der Waals surface area contributed by atoms with E-state index in [2.05, 4.69) is 23.6 Å². The zero-order valence-corrected chi connectivity index (χ0v) is 18.1. The molecule has 162 valence electrons. The van der Waals surface area contributed by atoms with Crippen molar-refractivity contribution in [3.8, 4) is 0 Å². The van der Waals surface area contributed by atoms with E-state index in [1.54, 1.807) is 6.08 Å². The highest BCUT2D eigenvalue weighted by Gasteiger charge is 2.47. The van der Waals surface area contributed by atoms with Crippen molar-refractivity contribution < 1.29 is 19.4 Å². The fourth-order valence-electron chi connectivity index (χ4n) is 4.18. The Morgan fingerprint density at radius 2 is 1.86 bits per heavy atom. The minimum Gasteiger partial charge on any atom is -0.478 e. The first-order valence-corrected chi connectivity index (χ1v) is 11.2. The maximum atomic E-state index is 12.3. The summed E-state index contributed by atoms with van der Waals surface area (Å²) in [7, 11) is 0. The van der Waals surface area contributed by atoms with Gasteiger partial charge in [0.1, 0.15) is 0 Å².